The number of nitrogens with zero attached hydrogens (tertiary/aromatic N) is 1. The molecular formula is C16H14F3N. The first-order valence-corrected chi connectivity index (χ1v) is 6.44. The third-order valence-electron chi connectivity index (χ3n) is 3.80. The van der Waals surface area contributed by atoms with Crippen LogP contribution in [0.4, 0.5) is 18.9 Å². The lowest BCUT2D eigenvalue weighted by atomic mass is 9.92. The van der Waals surface area contributed by atoms with E-state index >= 15 is 0 Å². The van der Waals surface area contributed by atoms with Crippen molar-refractivity contribution in [1.82, 2.24) is 0 Å². The molecule has 0 N–H and O–H groups in total. The number of anilines is 1. The first kappa shape index (κ1) is 13.0. The lowest BCUT2D eigenvalue weighted by molar-refractivity contribution is -0.137. The second-order valence-electron chi connectivity index (χ2n) is 5.12. The molecule has 1 atom stereocenters. The van der Waals surface area contributed by atoms with E-state index in [0.29, 0.717) is 6.54 Å². The third-order valence-corrected chi connectivity index (χ3v) is 3.80. The predicted molar refractivity (Wildman–Crippen MR) is 73.0 cm³/mol. The Balaban J connectivity index is 2.03. The molecule has 1 heterocycles. The molecule has 0 fully saturated rings. The van der Waals surface area contributed by atoms with Crippen molar-refractivity contribution in [2.24, 2.45) is 0 Å². The molecule has 0 saturated carbocycles. The van der Waals surface area contributed by atoms with Gasteiger partial charge in [0.2, 0.25) is 0 Å². The van der Waals surface area contributed by atoms with E-state index in [1.807, 2.05) is 31.3 Å². The average molecular weight is 277 g/mol. The number of alkyl halides is 3. The molecule has 2 aromatic carbocycles. The molecule has 1 nitrogen and oxygen atoms in total. The van der Waals surface area contributed by atoms with Crippen LogP contribution in [0, 0.1) is 0 Å². The fraction of sp³-hybridized carbons (Fsp3) is 0.250. The van der Waals surface area contributed by atoms with E-state index < -0.39 is 11.7 Å². The van der Waals surface area contributed by atoms with Gasteiger partial charge in [0.25, 0.3) is 0 Å². The maximum Gasteiger partial charge on any atom is 0.416 e. The molecule has 0 amide bonds. The van der Waals surface area contributed by atoms with Gasteiger partial charge in [-0.15, -0.1) is 0 Å². The van der Waals surface area contributed by atoms with E-state index in [1.165, 1.54) is 12.1 Å². The zero-order valence-electron chi connectivity index (χ0n) is 11.0. The van der Waals surface area contributed by atoms with Crippen LogP contribution in [-0.2, 0) is 6.18 Å². The van der Waals surface area contributed by atoms with Gasteiger partial charge in [0.05, 0.1) is 5.56 Å². The highest BCUT2D eigenvalue weighted by Crippen LogP contribution is 2.40. The van der Waals surface area contributed by atoms with Crippen molar-refractivity contribution in [1.29, 1.82) is 0 Å². The predicted octanol–water partition coefficient (Wildman–Crippen LogP) is 4.29. The van der Waals surface area contributed by atoms with Crippen molar-refractivity contribution >= 4 is 5.69 Å². The highest BCUT2D eigenvalue weighted by Gasteiger charge is 2.33. The third kappa shape index (κ3) is 2.15. The molecule has 1 aliphatic rings. The molecule has 4 heteroatoms. The number of fused-ring (bicyclic) bond motifs is 1. The van der Waals surface area contributed by atoms with Gasteiger partial charge in [0, 0.05) is 25.2 Å². The van der Waals surface area contributed by atoms with Gasteiger partial charge in [0.15, 0.2) is 0 Å². The SMILES string of the molecule is CN1CC(c2cccc(C(F)(F)F)c2)c2ccccc21. The molecule has 1 unspecified atom stereocenters. The Morgan fingerprint density at radius 3 is 2.55 bits per heavy atom. The summed E-state index contributed by atoms with van der Waals surface area (Å²) in [5, 5.41) is 0. The smallest absolute Gasteiger partial charge is 0.373 e. The summed E-state index contributed by atoms with van der Waals surface area (Å²) in [4.78, 5) is 2.08. The second-order valence-corrected chi connectivity index (χ2v) is 5.12. The summed E-state index contributed by atoms with van der Waals surface area (Å²) in [6.07, 6.45) is -4.29. The van der Waals surface area contributed by atoms with Gasteiger partial charge < -0.3 is 4.90 Å². The number of hydrogen-bond acceptors (Lipinski definition) is 1. The molecule has 20 heavy (non-hydrogen) atoms. The minimum Gasteiger partial charge on any atom is -0.373 e. The summed E-state index contributed by atoms with van der Waals surface area (Å²) in [6, 6.07) is 13.5. The Kier molecular flexibility index (Phi) is 2.96. The molecule has 0 saturated heterocycles. The monoisotopic (exact) mass is 277 g/mol. The van der Waals surface area contributed by atoms with Gasteiger partial charge >= 0.3 is 6.18 Å². The van der Waals surface area contributed by atoms with Crippen LogP contribution in [0.15, 0.2) is 48.5 Å². The van der Waals surface area contributed by atoms with Gasteiger partial charge in [-0.05, 0) is 23.3 Å². The van der Waals surface area contributed by atoms with Crippen LogP contribution < -0.4 is 4.90 Å². The molecule has 0 bridgehead atoms. The summed E-state index contributed by atoms with van der Waals surface area (Å²) in [5.74, 6) is -0.00139. The minimum atomic E-state index is -4.29. The van der Waals surface area contributed by atoms with Crippen molar-refractivity contribution in [3.05, 3.63) is 65.2 Å². The number of likely N-dealkylation sites (N-methyl/N-ethyl adjacent to an activating group) is 1. The first-order chi connectivity index (χ1) is 9.47. The topological polar surface area (TPSA) is 3.24 Å². The molecule has 0 aliphatic carbocycles. The molecule has 0 aromatic heterocycles. The van der Waals surface area contributed by atoms with Gasteiger partial charge in [-0.2, -0.15) is 13.2 Å². The Bertz CT molecular complexity index is 634. The summed E-state index contributed by atoms with van der Waals surface area (Å²) in [6.45, 7) is 0.709. The largest absolute Gasteiger partial charge is 0.416 e. The van der Waals surface area contributed by atoms with Gasteiger partial charge in [-0.25, -0.2) is 0 Å². The number of para-hydroxylation sites is 1. The Morgan fingerprint density at radius 1 is 1.05 bits per heavy atom. The minimum absolute atomic E-state index is 0.00139. The number of benzene rings is 2. The van der Waals surface area contributed by atoms with Crippen LogP contribution in [0.1, 0.15) is 22.6 Å². The van der Waals surface area contributed by atoms with Crippen LogP contribution in [0.25, 0.3) is 0 Å². The molecule has 1 aliphatic heterocycles. The lowest BCUT2D eigenvalue weighted by Gasteiger charge is -2.15. The molecule has 3 rings (SSSR count). The normalized spacial score (nSPS) is 18.2. The Hall–Kier alpha value is -1.97. The molecular weight excluding hydrogens is 263 g/mol. The second kappa shape index (κ2) is 4.54. The summed E-state index contributed by atoms with van der Waals surface area (Å²) in [5.41, 5.74) is 2.32. The fourth-order valence-electron chi connectivity index (χ4n) is 2.82. The van der Waals surface area contributed by atoms with Crippen molar-refractivity contribution in [3.8, 4) is 0 Å². The maximum atomic E-state index is 12.8. The van der Waals surface area contributed by atoms with Crippen molar-refractivity contribution in [3.63, 3.8) is 0 Å². The van der Waals surface area contributed by atoms with Crippen molar-refractivity contribution in [2.75, 3.05) is 18.5 Å². The highest BCUT2D eigenvalue weighted by molar-refractivity contribution is 5.62. The molecule has 0 radical (unpaired) electrons. The molecule has 2 aromatic rings. The van der Waals surface area contributed by atoms with E-state index in [4.69, 9.17) is 0 Å². The van der Waals surface area contributed by atoms with Crippen LogP contribution in [0.5, 0.6) is 0 Å². The Labute approximate surface area is 115 Å². The standard InChI is InChI=1S/C16H14F3N/c1-20-10-14(13-7-2-3-8-15(13)20)11-5-4-6-12(9-11)16(17,18)19/h2-9,14H,10H2,1H3. The van der Waals surface area contributed by atoms with Crippen LogP contribution >= 0.6 is 0 Å². The molecule has 0 spiro atoms. The van der Waals surface area contributed by atoms with E-state index in [9.17, 15) is 13.2 Å². The number of rotatable bonds is 1. The summed E-state index contributed by atoms with van der Waals surface area (Å²) < 4.78 is 38.5. The van der Waals surface area contributed by atoms with E-state index in [2.05, 4.69) is 4.90 Å². The van der Waals surface area contributed by atoms with Gasteiger partial charge in [-0.3, -0.25) is 0 Å². The maximum absolute atomic E-state index is 12.8. The average Bonchev–Trinajstić information content (AvgIpc) is 2.76. The van der Waals surface area contributed by atoms with E-state index in [1.54, 1.807) is 6.07 Å². The Morgan fingerprint density at radius 2 is 1.80 bits per heavy atom. The summed E-state index contributed by atoms with van der Waals surface area (Å²) in [7, 11) is 1.96. The van der Waals surface area contributed by atoms with E-state index in [0.717, 1.165) is 22.9 Å². The highest BCUT2D eigenvalue weighted by atomic mass is 19.4. The van der Waals surface area contributed by atoms with Crippen molar-refractivity contribution < 1.29 is 13.2 Å². The molecule has 104 valence electrons. The van der Waals surface area contributed by atoms with Gasteiger partial charge in [0.1, 0.15) is 0 Å². The first-order valence-electron chi connectivity index (χ1n) is 6.44. The van der Waals surface area contributed by atoms with Gasteiger partial charge in [-0.1, -0.05) is 36.4 Å². The van der Waals surface area contributed by atoms with Crippen LogP contribution in [0.2, 0.25) is 0 Å². The zero-order chi connectivity index (χ0) is 14.3. The quantitative estimate of drug-likeness (QED) is 0.751. The van der Waals surface area contributed by atoms with E-state index in [-0.39, 0.29) is 5.92 Å². The van der Waals surface area contributed by atoms with Crippen LogP contribution in [-0.4, -0.2) is 13.6 Å². The zero-order valence-corrected chi connectivity index (χ0v) is 11.0. The number of halogens is 3. The number of hydrogen-bond donors (Lipinski definition) is 0. The fourth-order valence-corrected chi connectivity index (χ4v) is 2.82. The van der Waals surface area contributed by atoms with Crippen LogP contribution in [0.3, 0.4) is 0 Å². The van der Waals surface area contributed by atoms with Crippen molar-refractivity contribution in [2.45, 2.75) is 12.1 Å². The lowest BCUT2D eigenvalue weighted by Crippen LogP contribution is -2.16. The summed E-state index contributed by atoms with van der Waals surface area (Å²) >= 11 is 0.